The van der Waals surface area contributed by atoms with Crippen molar-refractivity contribution < 1.29 is 33.1 Å². The van der Waals surface area contributed by atoms with Gasteiger partial charge < -0.3 is 35.2 Å². The minimum atomic E-state index is -1.10. The number of ether oxygens (including phenoxy) is 1. The lowest BCUT2D eigenvalue weighted by Crippen LogP contribution is -2.57. The number of aldehydes is 1. The van der Waals surface area contributed by atoms with E-state index < -0.39 is 36.0 Å². The topological polar surface area (TPSA) is 156 Å². The second-order valence-electron chi connectivity index (χ2n) is 9.54. The second kappa shape index (κ2) is 14.0. The van der Waals surface area contributed by atoms with Crippen LogP contribution in [0.15, 0.2) is 53.1 Å². The summed E-state index contributed by atoms with van der Waals surface area (Å²) in [6.07, 6.45) is 2.00. The van der Waals surface area contributed by atoms with Gasteiger partial charge in [-0.1, -0.05) is 44.2 Å². The van der Waals surface area contributed by atoms with E-state index in [0.717, 1.165) is 5.56 Å². The number of alkyl carbamates (subject to hydrolysis) is 1. The fourth-order valence-electron chi connectivity index (χ4n) is 4.14. The Kier molecular flexibility index (Phi) is 10.4. The maximum atomic E-state index is 13.2. The predicted octanol–water partition coefficient (Wildman–Crippen LogP) is 1.47. The molecule has 4 amide bonds. The molecule has 204 valence electrons. The summed E-state index contributed by atoms with van der Waals surface area (Å²) in [5.74, 6) is -1.62. The molecule has 11 heteroatoms. The van der Waals surface area contributed by atoms with Gasteiger partial charge in [-0.2, -0.15) is 0 Å². The molecule has 1 unspecified atom stereocenters. The summed E-state index contributed by atoms with van der Waals surface area (Å²) in [7, 11) is 0. The van der Waals surface area contributed by atoms with Gasteiger partial charge in [0.1, 0.15) is 30.7 Å². The van der Waals surface area contributed by atoms with Crippen LogP contribution < -0.4 is 21.3 Å². The molecule has 1 saturated heterocycles. The summed E-state index contributed by atoms with van der Waals surface area (Å²) in [6.45, 7) is 4.06. The van der Waals surface area contributed by atoms with Crippen LogP contribution in [-0.4, -0.2) is 54.8 Å². The number of furan rings is 1. The number of hydrogen-bond donors (Lipinski definition) is 4. The number of amides is 4. The lowest BCUT2D eigenvalue weighted by Gasteiger charge is -2.26. The monoisotopic (exact) mass is 526 g/mol. The van der Waals surface area contributed by atoms with E-state index in [9.17, 15) is 24.0 Å². The van der Waals surface area contributed by atoms with E-state index in [2.05, 4.69) is 21.3 Å². The van der Waals surface area contributed by atoms with Gasteiger partial charge in [-0.25, -0.2) is 4.79 Å². The van der Waals surface area contributed by atoms with E-state index in [1.54, 1.807) is 26.0 Å². The molecule has 0 aliphatic carbocycles. The standard InChI is InChI=1S/C27H34N4O7/c1-17(2)23(31-27(36)38-16-18-7-4-3-5-8-18)26(35)30-22(14-21-9-6-12-37-21)25(34)29-20(15-32)13-19-10-11-28-24(19)33/h3-9,12,15,17,19-20,22-23H,10-11,13-14,16H2,1-2H3,(H,28,33)(H,29,34)(H,30,35)(H,31,36)/t19-,20-,22-,23?/m0/s1. The van der Waals surface area contributed by atoms with Crippen molar-refractivity contribution in [1.29, 1.82) is 0 Å². The highest BCUT2D eigenvalue weighted by molar-refractivity contribution is 5.92. The SMILES string of the molecule is CC(C)C(NC(=O)OCc1ccccc1)C(=O)N[C@@H](Cc1ccco1)C(=O)N[C@H](C=O)C[C@@H]1CCNC1=O. The fourth-order valence-corrected chi connectivity index (χ4v) is 4.14. The fraction of sp³-hybridized carbons (Fsp3) is 0.444. The third kappa shape index (κ3) is 8.46. The first-order chi connectivity index (χ1) is 18.3. The minimum Gasteiger partial charge on any atom is -0.469 e. The van der Waals surface area contributed by atoms with Gasteiger partial charge in [0.15, 0.2) is 0 Å². The molecule has 4 N–H and O–H groups in total. The molecule has 1 aromatic heterocycles. The molecule has 3 rings (SSSR count). The highest BCUT2D eigenvalue weighted by Crippen LogP contribution is 2.16. The summed E-state index contributed by atoms with van der Waals surface area (Å²) in [4.78, 5) is 62.3. The number of nitrogens with one attached hydrogen (secondary N) is 4. The van der Waals surface area contributed by atoms with Gasteiger partial charge >= 0.3 is 6.09 Å². The van der Waals surface area contributed by atoms with E-state index in [-0.39, 0.29) is 37.2 Å². The van der Waals surface area contributed by atoms with Crippen LogP contribution >= 0.6 is 0 Å². The van der Waals surface area contributed by atoms with Gasteiger partial charge in [-0.3, -0.25) is 14.4 Å². The van der Waals surface area contributed by atoms with Gasteiger partial charge in [0, 0.05) is 18.9 Å². The van der Waals surface area contributed by atoms with Gasteiger partial charge in [0.2, 0.25) is 17.7 Å². The predicted molar refractivity (Wildman–Crippen MR) is 136 cm³/mol. The van der Waals surface area contributed by atoms with E-state index in [4.69, 9.17) is 9.15 Å². The summed E-state index contributed by atoms with van der Waals surface area (Å²) >= 11 is 0. The second-order valence-corrected chi connectivity index (χ2v) is 9.54. The summed E-state index contributed by atoms with van der Waals surface area (Å²) in [5.41, 5.74) is 0.795. The van der Waals surface area contributed by atoms with Crippen LogP contribution in [0.3, 0.4) is 0 Å². The van der Waals surface area contributed by atoms with Crippen molar-refractivity contribution in [2.24, 2.45) is 11.8 Å². The average molecular weight is 527 g/mol. The molecule has 1 fully saturated rings. The molecule has 38 heavy (non-hydrogen) atoms. The Morgan fingerprint density at radius 1 is 1.08 bits per heavy atom. The van der Waals surface area contributed by atoms with Crippen molar-refractivity contribution in [3.8, 4) is 0 Å². The Balaban J connectivity index is 1.64. The summed E-state index contributed by atoms with van der Waals surface area (Å²) in [6, 6.07) is 9.43. The molecule has 2 aromatic rings. The van der Waals surface area contributed by atoms with E-state index in [1.165, 1.54) is 6.26 Å². The minimum absolute atomic E-state index is 0.0172. The summed E-state index contributed by atoms with van der Waals surface area (Å²) in [5, 5.41) is 10.6. The Labute approximate surface area is 221 Å². The molecule has 0 spiro atoms. The van der Waals surface area contributed by atoms with Crippen molar-refractivity contribution in [3.05, 3.63) is 60.1 Å². The highest BCUT2D eigenvalue weighted by atomic mass is 16.5. The third-order valence-corrected chi connectivity index (χ3v) is 6.25. The average Bonchev–Trinajstić information content (AvgIpc) is 3.57. The van der Waals surface area contributed by atoms with E-state index in [1.807, 2.05) is 30.3 Å². The van der Waals surface area contributed by atoms with E-state index in [0.29, 0.717) is 25.0 Å². The molecule has 4 atom stereocenters. The number of carbonyl (C=O) groups is 5. The van der Waals surface area contributed by atoms with Crippen molar-refractivity contribution >= 4 is 30.1 Å². The molecule has 0 radical (unpaired) electrons. The lowest BCUT2D eigenvalue weighted by molar-refractivity contribution is -0.131. The maximum absolute atomic E-state index is 13.2. The van der Waals surface area contributed by atoms with Crippen molar-refractivity contribution in [2.45, 2.75) is 57.8 Å². The maximum Gasteiger partial charge on any atom is 0.408 e. The molecule has 1 aliphatic rings. The largest absolute Gasteiger partial charge is 0.469 e. The zero-order chi connectivity index (χ0) is 27.5. The lowest BCUT2D eigenvalue weighted by atomic mass is 9.98. The van der Waals surface area contributed by atoms with Crippen LogP contribution in [0.1, 0.15) is 38.0 Å². The molecular formula is C27H34N4O7. The Bertz CT molecular complexity index is 1090. The van der Waals surface area contributed by atoms with Gasteiger partial charge in [-0.05, 0) is 36.5 Å². The Morgan fingerprint density at radius 2 is 1.84 bits per heavy atom. The van der Waals surface area contributed by atoms with Crippen LogP contribution in [-0.2, 0) is 36.9 Å². The van der Waals surface area contributed by atoms with Crippen molar-refractivity contribution in [2.75, 3.05) is 6.54 Å². The zero-order valence-electron chi connectivity index (χ0n) is 21.5. The molecule has 0 saturated carbocycles. The van der Waals surface area contributed by atoms with Crippen molar-refractivity contribution in [3.63, 3.8) is 0 Å². The number of rotatable bonds is 13. The first kappa shape index (κ1) is 28.4. The van der Waals surface area contributed by atoms with Gasteiger partial charge in [0.05, 0.1) is 12.3 Å². The van der Waals surface area contributed by atoms with E-state index >= 15 is 0 Å². The van der Waals surface area contributed by atoms with Crippen LogP contribution in [0, 0.1) is 11.8 Å². The first-order valence-electron chi connectivity index (χ1n) is 12.6. The molecule has 11 nitrogen and oxygen atoms in total. The van der Waals surface area contributed by atoms with Crippen LogP contribution in [0.4, 0.5) is 4.79 Å². The number of hydrogen-bond acceptors (Lipinski definition) is 7. The first-order valence-corrected chi connectivity index (χ1v) is 12.6. The Hall–Kier alpha value is -4.15. The number of carbonyl (C=O) groups excluding carboxylic acids is 5. The third-order valence-electron chi connectivity index (χ3n) is 6.25. The Morgan fingerprint density at radius 3 is 2.45 bits per heavy atom. The van der Waals surface area contributed by atoms with Crippen LogP contribution in [0.5, 0.6) is 0 Å². The van der Waals surface area contributed by atoms with Crippen LogP contribution in [0.25, 0.3) is 0 Å². The number of benzene rings is 1. The molecule has 2 heterocycles. The molecular weight excluding hydrogens is 492 g/mol. The summed E-state index contributed by atoms with van der Waals surface area (Å²) < 4.78 is 10.6. The molecule has 1 aliphatic heterocycles. The smallest absolute Gasteiger partial charge is 0.408 e. The highest BCUT2D eigenvalue weighted by Gasteiger charge is 2.32. The quantitative estimate of drug-likeness (QED) is 0.288. The van der Waals surface area contributed by atoms with Gasteiger partial charge in [-0.15, -0.1) is 0 Å². The van der Waals surface area contributed by atoms with Gasteiger partial charge in [0.25, 0.3) is 0 Å². The molecule has 1 aromatic carbocycles. The van der Waals surface area contributed by atoms with Crippen LogP contribution in [0.2, 0.25) is 0 Å². The van der Waals surface area contributed by atoms with Crippen molar-refractivity contribution in [1.82, 2.24) is 21.3 Å². The zero-order valence-corrected chi connectivity index (χ0v) is 21.5. The normalized spacial score (nSPS) is 17.1. The molecule has 0 bridgehead atoms.